The van der Waals surface area contributed by atoms with E-state index < -0.39 is 0 Å². The number of nitrogens with zero attached hydrogens (tertiary/aromatic N) is 1. The Kier molecular flexibility index (Phi) is 7.40. The molecule has 23 heavy (non-hydrogen) atoms. The average Bonchev–Trinajstić information content (AvgIpc) is 2.61. The Balaban J connectivity index is 1.92. The molecule has 124 valence electrons. The normalized spacial score (nSPS) is 10.5. The van der Waals surface area contributed by atoms with Gasteiger partial charge >= 0.3 is 0 Å². The van der Waals surface area contributed by atoms with E-state index >= 15 is 0 Å². The molecule has 2 rings (SSSR count). The number of unbranched alkanes of at least 4 members (excludes halogenated alkanes) is 2. The topological polar surface area (TPSA) is 43.4 Å². The van der Waals surface area contributed by atoms with Crippen molar-refractivity contribution < 1.29 is 9.47 Å². The lowest BCUT2D eigenvalue weighted by atomic mass is 10.2. The summed E-state index contributed by atoms with van der Waals surface area (Å²) < 4.78 is 11.3. The number of pyridine rings is 1. The molecule has 0 saturated heterocycles. The molecule has 4 heteroatoms. The van der Waals surface area contributed by atoms with E-state index in [1.54, 1.807) is 13.3 Å². The van der Waals surface area contributed by atoms with Crippen LogP contribution in [-0.2, 0) is 13.2 Å². The van der Waals surface area contributed by atoms with E-state index in [2.05, 4.69) is 23.3 Å². The molecule has 1 aromatic heterocycles. The van der Waals surface area contributed by atoms with Gasteiger partial charge in [-0.1, -0.05) is 31.9 Å². The van der Waals surface area contributed by atoms with Crippen molar-refractivity contribution in [1.82, 2.24) is 10.3 Å². The first-order chi connectivity index (χ1) is 11.3. The molecule has 4 nitrogen and oxygen atoms in total. The maximum atomic E-state index is 5.88. The fourth-order valence-corrected chi connectivity index (χ4v) is 2.31. The molecule has 0 radical (unpaired) electrons. The summed E-state index contributed by atoms with van der Waals surface area (Å²) in [6.45, 7) is 4.54. The van der Waals surface area contributed by atoms with Gasteiger partial charge in [0.2, 0.25) is 0 Å². The van der Waals surface area contributed by atoms with Crippen LogP contribution in [0.15, 0.2) is 42.6 Å². The monoisotopic (exact) mass is 314 g/mol. The lowest BCUT2D eigenvalue weighted by molar-refractivity contribution is 0.280. The van der Waals surface area contributed by atoms with Crippen LogP contribution in [0.3, 0.4) is 0 Å². The summed E-state index contributed by atoms with van der Waals surface area (Å²) in [6, 6.07) is 11.9. The van der Waals surface area contributed by atoms with Crippen LogP contribution >= 0.6 is 0 Å². The van der Waals surface area contributed by atoms with Gasteiger partial charge in [-0.15, -0.1) is 0 Å². The summed E-state index contributed by atoms with van der Waals surface area (Å²) in [7, 11) is 1.66. The number of ether oxygens (including phenoxy) is 2. The number of rotatable bonds is 10. The fraction of sp³-hybridized carbons (Fsp3) is 0.421. The van der Waals surface area contributed by atoms with Gasteiger partial charge in [0, 0.05) is 12.7 Å². The number of hydrogen-bond acceptors (Lipinski definition) is 4. The Morgan fingerprint density at radius 1 is 1.09 bits per heavy atom. The van der Waals surface area contributed by atoms with Gasteiger partial charge in [0.25, 0.3) is 0 Å². The Morgan fingerprint density at radius 2 is 2.00 bits per heavy atom. The molecular formula is C19H26N2O2. The second-order valence-corrected chi connectivity index (χ2v) is 5.48. The van der Waals surface area contributed by atoms with Crippen LogP contribution in [0.2, 0.25) is 0 Å². The van der Waals surface area contributed by atoms with E-state index in [-0.39, 0.29) is 0 Å². The predicted molar refractivity (Wildman–Crippen MR) is 92.8 cm³/mol. The van der Waals surface area contributed by atoms with E-state index in [1.165, 1.54) is 24.8 Å². The van der Waals surface area contributed by atoms with Gasteiger partial charge in [0.05, 0.1) is 12.8 Å². The highest BCUT2D eigenvalue weighted by Gasteiger charge is 2.06. The first-order valence-electron chi connectivity index (χ1n) is 8.24. The molecular weight excluding hydrogens is 288 g/mol. The van der Waals surface area contributed by atoms with E-state index in [4.69, 9.17) is 9.47 Å². The van der Waals surface area contributed by atoms with Crippen molar-refractivity contribution in [1.29, 1.82) is 0 Å². The van der Waals surface area contributed by atoms with Gasteiger partial charge in [0.1, 0.15) is 6.61 Å². The number of nitrogens with one attached hydrogen (secondary N) is 1. The van der Waals surface area contributed by atoms with Crippen LogP contribution in [0.1, 0.15) is 37.4 Å². The zero-order valence-electron chi connectivity index (χ0n) is 14.0. The van der Waals surface area contributed by atoms with Gasteiger partial charge in [0.15, 0.2) is 11.5 Å². The molecule has 0 bridgehead atoms. The average molecular weight is 314 g/mol. The SMILES string of the molecule is CCCCCNCc1ccc(OC)c(OCc2ccccn2)c1. The van der Waals surface area contributed by atoms with Gasteiger partial charge in [-0.05, 0) is 42.8 Å². The maximum absolute atomic E-state index is 5.88. The van der Waals surface area contributed by atoms with Crippen LogP contribution in [-0.4, -0.2) is 18.6 Å². The Bertz CT molecular complexity index is 573. The fourth-order valence-electron chi connectivity index (χ4n) is 2.31. The highest BCUT2D eigenvalue weighted by Crippen LogP contribution is 2.28. The molecule has 0 saturated carbocycles. The molecule has 1 N–H and O–H groups in total. The number of benzene rings is 1. The maximum Gasteiger partial charge on any atom is 0.162 e. The van der Waals surface area contributed by atoms with Crippen molar-refractivity contribution in [3.63, 3.8) is 0 Å². The largest absolute Gasteiger partial charge is 0.493 e. The van der Waals surface area contributed by atoms with Crippen LogP contribution in [0, 0.1) is 0 Å². The lowest BCUT2D eigenvalue weighted by Gasteiger charge is -2.12. The smallest absolute Gasteiger partial charge is 0.162 e. The summed E-state index contributed by atoms with van der Waals surface area (Å²) in [5, 5.41) is 3.47. The summed E-state index contributed by atoms with van der Waals surface area (Å²) in [5.41, 5.74) is 2.09. The van der Waals surface area contributed by atoms with Crippen molar-refractivity contribution in [3.05, 3.63) is 53.9 Å². The highest BCUT2D eigenvalue weighted by molar-refractivity contribution is 5.43. The van der Waals surface area contributed by atoms with Gasteiger partial charge in [-0.25, -0.2) is 0 Å². The molecule has 0 fully saturated rings. The van der Waals surface area contributed by atoms with Gasteiger partial charge in [-0.3, -0.25) is 4.98 Å². The van der Waals surface area contributed by atoms with Crippen molar-refractivity contribution in [2.45, 2.75) is 39.3 Å². The van der Waals surface area contributed by atoms with Crippen LogP contribution in [0.5, 0.6) is 11.5 Å². The standard InChI is InChI=1S/C19H26N2O2/c1-3-4-6-11-20-14-16-9-10-18(22-2)19(13-16)23-15-17-8-5-7-12-21-17/h5,7-10,12-13,20H,3-4,6,11,14-15H2,1-2H3. The van der Waals surface area contributed by atoms with E-state index in [9.17, 15) is 0 Å². The number of hydrogen-bond donors (Lipinski definition) is 1. The van der Waals surface area contributed by atoms with Crippen LogP contribution < -0.4 is 14.8 Å². The summed E-state index contributed by atoms with van der Waals surface area (Å²) >= 11 is 0. The lowest BCUT2D eigenvalue weighted by Crippen LogP contribution is -2.14. The molecule has 0 spiro atoms. The molecule has 0 amide bonds. The van der Waals surface area contributed by atoms with E-state index in [0.29, 0.717) is 6.61 Å². The summed E-state index contributed by atoms with van der Waals surface area (Å²) in [6.07, 6.45) is 5.51. The van der Waals surface area contributed by atoms with Crippen LogP contribution in [0.25, 0.3) is 0 Å². The van der Waals surface area contributed by atoms with Crippen LogP contribution in [0.4, 0.5) is 0 Å². The highest BCUT2D eigenvalue weighted by atomic mass is 16.5. The molecule has 2 aromatic rings. The third-order valence-electron chi connectivity index (χ3n) is 3.62. The van der Waals surface area contributed by atoms with E-state index in [0.717, 1.165) is 30.3 Å². The third kappa shape index (κ3) is 5.91. The van der Waals surface area contributed by atoms with Crippen molar-refractivity contribution in [2.75, 3.05) is 13.7 Å². The zero-order valence-corrected chi connectivity index (χ0v) is 14.0. The molecule has 0 aliphatic rings. The minimum Gasteiger partial charge on any atom is -0.493 e. The Labute approximate surface area is 138 Å². The predicted octanol–water partition coefficient (Wildman–Crippen LogP) is 3.95. The summed E-state index contributed by atoms with van der Waals surface area (Å²) in [4.78, 5) is 4.27. The molecule has 1 heterocycles. The minimum atomic E-state index is 0.435. The zero-order chi connectivity index (χ0) is 16.3. The molecule has 0 atom stereocenters. The van der Waals surface area contributed by atoms with Crippen molar-refractivity contribution in [2.24, 2.45) is 0 Å². The van der Waals surface area contributed by atoms with Gasteiger partial charge < -0.3 is 14.8 Å². The Morgan fingerprint density at radius 3 is 2.74 bits per heavy atom. The number of aromatic nitrogens is 1. The van der Waals surface area contributed by atoms with E-state index in [1.807, 2.05) is 30.3 Å². The molecule has 1 aromatic carbocycles. The first-order valence-corrected chi connectivity index (χ1v) is 8.24. The van der Waals surface area contributed by atoms with Gasteiger partial charge in [-0.2, -0.15) is 0 Å². The molecule has 0 unspecified atom stereocenters. The molecule has 0 aliphatic carbocycles. The second kappa shape index (κ2) is 9.85. The summed E-state index contributed by atoms with van der Waals surface area (Å²) in [5.74, 6) is 1.50. The van der Waals surface area contributed by atoms with Crippen molar-refractivity contribution in [3.8, 4) is 11.5 Å². The first kappa shape index (κ1) is 17.3. The third-order valence-corrected chi connectivity index (χ3v) is 3.62. The minimum absolute atomic E-state index is 0.435. The Hall–Kier alpha value is -2.07. The second-order valence-electron chi connectivity index (χ2n) is 5.48. The molecule has 0 aliphatic heterocycles. The van der Waals surface area contributed by atoms with Crippen molar-refractivity contribution >= 4 is 0 Å². The quantitative estimate of drug-likeness (QED) is 0.674. The number of methoxy groups -OCH3 is 1.